The van der Waals surface area contributed by atoms with Crippen LogP contribution in [0, 0.1) is 0 Å². The van der Waals surface area contributed by atoms with Crippen molar-refractivity contribution in [3.05, 3.63) is 23.2 Å². The molecule has 0 spiro atoms. The van der Waals surface area contributed by atoms with Crippen LogP contribution in [0.5, 0.6) is 0 Å². The molecule has 5 nitrogen and oxygen atoms in total. The number of rotatable bonds is 6. The number of tetrazole rings is 1. The van der Waals surface area contributed by atoms with Gasteiger partial charge in [0, 0.05) is 5.56 Å². The summed E-state index contributed by atoms with van der Waals surface area (Å²) in [6.07, 6.45) is 4.64. The van der Waals surface area contributed by atoms with Gasteiger partial charge in [0.15, 0.2) is 5.82 Å². The van der Waals surface area contributed by atoms with E-state index in [1.807, 2.05) is 16.8 Å². The topological polar surface area (TPSA) is 69.6 Å². The summed E-state index contributed by atoms with van der Waals surface area (Å²) < 4.78 is 1.83. The Balaban J connectivity index is 2.26. The SMILES string of the molecule is CCCCCC(C)n1nnnc1-c1cccc(N)c1Cl. The molecule has 2 rings (SSSR count). The lowest BCUT2D eigenvalue weighted by atomic mass is 10.1. The molecule has 0 radical (unpaired) electrons. The van der Waals surface area contributed by atoms with Gasteiger partial charge < -0.3 is 5.73 Å². The summed E-state index contributed by atoms with van der Waals surface area (Å²) >= 11 is 6.25. The largest absolute Gasteiger partial charge is 0.398 e. The third kappa shape index (κ3) is 3.10. The number of nitrogens with zero attached hydrogens (tertiary/aromatic N) is 4. The Bertz CT molecular complexity index is 566. The molecule has 2 aromatic rings. The smallest absolute Gasteiger partial charge is 0.183 e. The Labute approximate surface area is 124 Å². The highest BCUT2D eigenvalue weighted by Gasteiger charge is 2.17. The monoisotopic (exact) mass is 293 g/mol. The number of anilines is 1. The molecule has 1 aromatic carbocycles. The highest BCUT2D eigenvalue weighted by Crippen LogP contribution is 2.32. The molecule has 0 saturated carbocycles. The molecule has 108 valence electrons. The zero-order valence-electron chi connectivity index (χ0n) is 11.9. The van der Waals surface area contributed by atoms with E-state index < -0.39 is 0 Å². The fourth-order valence-electron chi connectivity index (χ4n) is 2.20. The van der Waals surface area contributed by atoms with Crippen LogP contribution < -0.4 is 5.73 Å². The van der Waals surface area contributed by atoms with E-state index >= 15 is 0 Å². The molecule has 0 aliphatic rings. The predicted molar refractivity (Wildman–Crippen MR) is 81.5 cm³/mol. The zero-order valence-corrected chi connectivity index (χ0v) is 12.6. The molecule has 0 fully saturated rings. The van der Waals surface area contributed by atoms with Gasteiger partial charge in [0.05, 0.1) is 16.8 Å². The zero-order chi connectivity index (χ0) is 14.5. The minimum atomic E-state index is 0.240. The quantitative estimate of drug-likeness (QED) is 0.651. The summed E-state index contributed by atoms with van der Waals surface area (Å²) in [5.41, 5.74) is 7.16. The molecule has 0 aliphatic heterocycles. The van der Waals surface area contributed by atoms with Crippen molar-refractivity contribution in [3.63, 3.8) is 0 Å². The van der Waals surface area contributed by atoms with E-state index in [0.717, 1.165) is 12.0 Å². The van der Waals surface area contributed by atoms with Gasteiger partial charge in [-0.05, 0) is 35.9 Å². The molecule has 1 unspecified atom stereocenters. The van der Waals surface area contributed by atoms with Gasteiger partial charge in [-0.3, -0.25) is 0 Å². The maximum absolute atomic E-state index is 6.25. The highest BCUT2D eigenvalue weighted by molar-refractivity contribution is 6.35. The Hall–Kier alpha value is -1.62. The van der Waals surface area contributed by atoms with Crippen LogP contribution in [0.4, 0.5) is 5.69 Å². The number of unbranched alkanes of at least 4 members (excludes halogenated alkanes) is 2. The molecule has 1 heterocycles. The summed E-state index contributed by atoms with van der Waals surface area (Å²) in [6, 6.07) is 5.76. The van der Waals surface area contributed by atoms with Gasteiger partial charge in [-0.25, -0.2) is 4.68 Å². The maximum Gasteiger partial charge on any atom is 0.183 e. The van der Waals surface area contributed by atoms with E-state index in [1.165, 1.54) is 19.3 Å². The number of nitrogen functional groups attached to an aromatic ring is 1. The van der Waals surface area contributed by atoms with Gasteiger partial charge >= 0.3 is 0 Å². The average Bonchev–Trinajstić information content (AvgIpc) is 2.91. The average molecular weight is 294 g/mol. The molecule has 6 heteroatoms. The molecule has 1 atom stereocenters. The van der Waals surface area contributed by atoms with Gasteiger partial charge in [0.2, 0.25) is 0 Å². The molecule has 2 N–H and O–H groups in total. The summed E-state index contributed by atoms with van der Waals surface area (Å²) in [7, 11) is 0. The second-order valence-electron chi connectivity index (χ2n) is 5.00. The van der Waals surface area contributed by atoms with Crippen molar-refractivity contribution in [2.75, 3.05) is 5.73 Å². The highest BCUT2D eigenvalue weighted by atomic mass is 35.5. The van der Waals surface area contributed by atoms with E-state index in [-0.39, 0.29) is 6.04 Å². The molecular weight excluding hydrogens is 274 g/mol. The fraction of sp³-hybridized carbons (Fsp3) is 0.500. The molecule has 0 saturated heterocycles. The molecule has 0 aliphatic carbocycles. The van der Waals surface area contributed by atoms with Crippen molar-refractivity contribution in [2.45, 2.75) is 45.6 Å². The molecule has 20 heavy (non-hydrogen) atoms. The van der Waals surface area contributed by atoms with Gasteiger partial charge in [-0.2, -0.15) is 0 Å². The third-order valence-electron chi connectivity index (χ3n) is 3.41. The number of benzene rings is 1. The normalized spacial score (nSPS) is 12.6. The number of halogens is 1. The van der Waals surface area contributed by atoms with E-state index in [1.54, 1.807) is 6.07 Å². The van der Waals surface area contributed by atoms with Crippen molar-refractivity contribution >= 4 is 17.3 Å². The minimum absolute atomic E-state index is 0.240. The van der Waals surface area contributed by atoms with E-state index in [4.69, 9.17) is 17.3 Å². The van der Waals surface area contributed by atoms with Crippen LogP contribution in [0.3, 0.4) is 0 Å². The van der Waals surface area contributed by atoms with Gasteiger partial charge in [0.25, 0.3) is 0 Å². The maximum atomic E-state index is 6.25. The van der Waals surface area contributed by atoms with Crippen molar-refractivity contribution in [1.82, 2.24) is 20.2 Å². The number of hydrogen-bond donors (Lipinski definition) is 1. The summed E-state index contributed by atoms with van der Waals surface area (Å²) in [5, 5.41) is 12.5. The second kappa shape index (κ2) is 6.70. The van der Waals surface area contributed by atoms with Crippen molar-refractivity contribution in [2.24, 2.45) is 0 Å². The van der Waals surface area contributed by atoms with Crippen LogP contribution >= 0.6 is 11.6 Å². The third-order valence-corrected chi connectivity index (χ3v) is 3.83. The lowest BCUT2D eigenvalue weighted by Gasteiger charge is -2.14. The Morgan fingerprint density at radius 1 is 1.35 bits per heavy atom. The van der Waals surface area contributed by atoms with Crippen LogP contribution in [0.25, 0.3) is 11.4 Å². The number of aromatic nitrogens is 4. The van der Waals surface area contributed by atoms with Crippen LogP contribution in [0.15, 0.2) is 18.2 Å². The van der Waals surface area contributed by atoms with Crippen LogP contribution in [-0.2, 0) is 0 Å². The van der Waals surface area contributed by atoms with Crippen molar-refractivity contribution in [3.8, 4) is 11.4 Å². The van der Waals surface area contributed by atoms with Crippen LogP contribution in [0.2, 0.25) is 5.02 Å². The first-order chi connectivity index (χ1) is 9.65. The predicted octanol–water partition coefficient (Wildman–Crippen LogP) is 3.72. The number of hydrogen-bond acceptors (Lipinski definition) is 4. The first-order valence-electron chi connectivity index (χ1n) is 6.97. The summed E-state index contributed by atoms with van der Waals surface area (Å²) in [6.45, 7) is 4.31. The van der Waals surface area contributed by atoms with Crippen LogP contribution in [0.1, 0.15) is 45.6 Å². The molecular formula is C14H20ClN5. The standard InChI is InChI=1S/C14H20ClN5/c1-3-4-5-7-10(2)20-14(17-18-19-20)11-8-6-9-12(16)13(11)15/h6,8-10H,3-5,7,16H2,1-2H3. The lowest BCUT2D eigenvalue weighted by Crippen LogP contribution is -2.09. The van der Waals surface area contributed by atoms with E-state index in [2.05, 4.69) is 29.4 Å². The Morgan fingerprint density at radius 3 is 2.90 bits per heavy atom. The molecule has 1 aromatic heterocycles. The second-order valence-corrected chi connectivity index (χ2v) is 5.38. The van der Waals surface area contributed by atoms with Crippen molar-refractivity contribution < 1.29 is 0 Å². The first kappa shape index (κ1) is 14.8. The summed E-state index contributed by atoms with van der Waals surface area (Å²) in [5.74, 6) is 0.672. The van der Waals surface area contributed by atoms with E-state index in [9.17, 15) is 0 Å². The first-order valence-corrected chi connectivity index (χ1v) is 7.35. The number of nitrogens with two attached hydrogens (primary N) is 1. The van der Waals surface area contributed by atoms with Gasteiger partial charge in [-0.15, -0.1) is 5.10 Å². The summed E-state index contributed by atoms with van der Waals surface area (Å²) in [4.78, 5) is 0. The van der Waals surface area contributed by atoms with Gasteiger partial charge in [0.1, 0.15) is 0 Å². The minimum Gasteiger partial charge on any atom is -0.398 e. The van der Waals surface area contributed by atoms with E-state index in [0.29, 0.717) is 16.5 Å². The van der Waals surface area contributed by atoms with Crippen molar-refractivity contribution in [1.29, 1.82) is 0 Å². The lowest BCUT2D eigenvalue weighted by molar-refractivity contribution is 0.432. The Morgan fingerprint density at radius 2 is 2.15 bits per heavy atom. The molecule has 0 amide bonds. The van der Waals surface area contributed by atoms with Crippen LogP contribution in [-0.4, -0.2) is 20.2 Å². The van der Waals surface area contributed by atoms with Gasteiger partial charge in [-0.1, -0.05) is 43.9 Å². The molecule has 0 bridgehead atoms. The fourth-order valence-corrected chi connectivity index (χ4v) is 2.41. The Kier molecular flexibility index (Phi) is 4.95.